The summed E-state index contributed by atoms with van der Waals surface area (Å²) in [5.41, 5.74) is -0.0502. The van der Waals surface area contributed by atoms with Gasteiger partial charge in [-0.1, -0.05) is 29.8 Å². The highest BCUT2D eigenvalue weighted by Crippen LogP contribution is 2.21. The monoisotopic (exact) mass is 352 g/mol. The molecule has 0 aliphatic rings. The summed E-state index contributed by atoms with van der Waals surface area (Å²) in [5.74, 6) is -0.601. The van der Waals surface area contributed by atoms with E-state index < -0.39 is 21.1 Å². The molecule has 108 valence electrons. The molecule has 0 amide bonds. The lowest BCUT2D eigenvalue weighted by Gasteiger charge is -2.17. The van der Waals surface area contributed by atoms with Crippen LogP contribution in [0, 0.1) is 5.82 Å². The van der Waals surface area contributed by atoms with Crippen LogP contribution in [-0.4, -0.2) is 26.3 Å². The van der Waals surface area contributed by atoms with E-state index in [2.05, 4.69) is 26.0 Å². The standard InChI is InChI=1S/C12H18BrFN2O2S/c1-8(2)15-7-9(3)19(17,18)16-12-6-10(13)4-5-11(12)14/h4-6,8-9,15-16H,7H2,1-3H3. The molecular formula is C12H18BrFN2O2S. The number of halogens is 2. The highest BCUT2D eigenvalue weighted by Gasteiger charge is 2.22. The van der Waals surface area contributed by atoms with Crippen LogP contribution in [-0.2, 0) is 10.0 Å². The maximum absolute atomic E-state index is 13.5. The van der Waals surface area contributed by atoms with Crippen LogP contribution < -0.4 is 10.0 Å². The number of rotatable bonds is 6. The largest absolute Gasteiger partial charge is 0.313 e. The van der Waals surface area contributed by atoms with Gasteiger partial charge in [-0.15, -0.1) is 0 Å². The summed E-state index contributed by atoms with van der Waals surface area (Å²) in [4.78, 5) is 0. The zero-order valence-corrected chi connectivity index (χ0v) is 13.5. The van der Waals surface area contributed by atoms with Crippen molar-refractivity contribution in [2.75, 3.05) is 11.3 Å². The molecule has 1 unspecified atom stereocenters. The molecular weight excluding hydrogens is 335 g/mol. The second-order valence-electron chi connectivity index (χ2n) is 4.64. The van der Waals surface area contributed by atoms with E-state index in [4.69, 9.17) is 0 Å². The lowest BCUT2D eigenvalue weighted by molar-refractivity contribution is 0.553. The smallest absolute Gasteiger partial charge is 0.236 e. The van der Waals surface area contributed by atoms with Gasteiger partial charge in [0.05, 0.1) is 10.9 Å². The molecule has 0 spiro atoms. The van der Waals surface area contributed by atoms with E-state index in [1.54, 1.807) is 6.92 Å². The minimum atomic E-state index is -3.62. The Balaban J connectivity index is 2.81. The molecule has 19 heavy (non-hydrogen) atoms. The molecule has 0 aliphatic carbocycles. The maximum Gasteiger partial charge on any atom is 0.236 e. The van der Waals surface area contributed by atoms with Crippen LogP contribution in [0.4, 0.5) is 10.1 Å². The summed E-state index contributed by atoms with van der Waals surface area (Å²) in [6.45, 7) is 5.75. The van der Waals surface area contributed by atoms with Gasteiger partial charge in [0.15, 0.2) is 0 Å². The number of sulfonamides is 1. The van der Waals surface area contributed by atoms with Gasteiger partial charge in [-0.25, -0.2) is 12.8 Å². The van der Waals surface area contributed by atoms with Gasteiger partial charge in [0.2, 0.25) is 10.0 Å². The van der Waals surface area contributed by atoms with E-state index in [1.807, 2.05) is 13.8 Å². The summed E-state index contributed by atoms with van der Waals surface area (Å²) < 4.78 is 40.5. The molecule has 0 saturated carbocycles. The molecule has 0 fully saturated rings. The second-order valence-corrected chi connectivity index (χ2v) is 7.66. The molecule has 0 aliphatic heterocycles. The average molecular weight is 353 g/mol. The third kappa shape index (κ3) is 5.08. The third-order valence-corrected chi connectivity index (χ3v) is 4.75. The highest BCUT2D eigenvalue weighted by atomic mass is 79.9. The first-order chi connectivity index (χ1) is 8.72. The third-order valence-electron chi connectivity index (χ3n) is 2.52. The fraction of sp³-hybridized carbons (Fsp3) is 0.500. The first-order valence-electron chi connectivity index (χ1n) is 5.92. The van der Waals surface area contributed by atoms with Crippen LogP contribution in [0.5, 0.6) is 0 Å². The Morgan fingerprint density at radius 1 is 1.32 bits per heavy atom. The predicted molar refractivity (Wildman–Crippen MR) is 79.2 cm³/mol. The van der Waals surface area contributed by atoms with Crippen LogP contribution in [0.1, 0.15) is 20.8 Å². The minimum Gasteiger partial charge on any atom is -0.313 e. The number of nitrogens with one attached hydrogen (secondary N) is 2. The van der Waals surface area contributed by atoms with Gasteiger partial charge in [-0.3, -0.25) is 4.72 Å². The molecule has 0 aromatic heterocycles. The zero-order chi connectivity index (χ0) is 14.6. The van der Waals surface area contributed by atoms with E-state index in [-0.39, 0.29) is 11.7 Å². The van der Waals surface area contributed by atoms with Crippen molar-refractivity contribution in [2.45, 2.75) is 32.1 Å². The summed E-state index contributed by atoms with van der Waals surface area (Å²) in [6.07, 6.45) is 0. The molecule has 0 bridgehead atoms. The number of hydrogen-bond donors (Lipinski definition) is 2. The first-order valence-corrected chi connectivity index (χ1v) is 8.26. The van der Waals surface area contributed by atoms with Gasteiger partial charge in [-0.2, -0.15) is 0 Å². The Kier molecular flexibility index (Phi) is 5.76. The average Bonchev–Trinajstić information content (AvgIpc) is 2.30. The molecule has 0 radical (unpaired) electrons. The zero-order valence-electron chi connectivity index (χ0n) is 11.1. The molecule has 4 nitrogen and oxygen atoms in total. The Morgan fingerprint density at radius 2 is 1.95 bits per heavy atom. The van der Waals surface area contributed by atoms with Gasteiger partial charge in [-0.05, 0) is 25.1 Å². The molecule has 7 heteroatoms. The van der Waals surface area contributed by atoms with Crippen molar-refractivity contribution in [1.82, 2.24) is 5.32 Å². The van der Waals surface area contributed by atoms with Gasteiger partial charge >= 0.3 is 0 Å². The Bertz CT molecular complexity index is 535. The number of anilines is 1. The second kappa shape index (κ2) is 6.67. The van der Waals surface area contributed by atoms with Crippen molar-refractivity contribution in [1.29, 1.82) is 0 Å². The van der Waals surface area contributed by atoms with Gasteiger partial charge in [0.25, 0.3) is 0 Å². The van der Waals surface area contributed by atoms with E-state index >= 15 is 0 Å². The van der Waals surface area contributed by atoms with Crippen molar-refractivity contribution >= 4 is 31.6 Å². The Hall–Kier alpha value is -0.660. The lowest BCUT2D eigenvalue weighted by atomic mass is 10.3. The molecule has 1 rings (SSSR count). The van der Waals surface area contributed by atoms with Gasteiger partial charge < -0.3 is 5.32 Å². The van der Waals surface area contributed by atoms with Gasteiger partial charge in [0.1, 0.15) is 5.82 Å². The fourth-order valence-corrected chi connectivity index (χ4v) is 2.68. The van der Waals surface area contributed by atoms with E-state index in [0.29, 0.717) is 11.0 Å². The summed E-state index contributed by atoms with van der Waals surface area (Å²) >= 11 is 3.18. The van der Waals surface area contributed by atoms with E-state index in [0.717, 1.165) is 0 Å². The van der Waals surface area contributed by atoms with Crippen LogP contribution in [0.3, 0.4) is 0 Å². The lowest BCUT2D eigenvalue weighted by Crippen LogP contribution is -2.37. The van der Waals surface area contributed by atoms with Crippen molar-refractivity contribution < 1.29 is 12.8 Å². The molecule has 2 N–H and O–H groups in total. The number of benzene rings is 1. The summed E-state index contributed by atoms with van der Waals surface area (Å²) in [5, 5.41) is 2.38. The topological polar surface area (TPSA) is 58.2 Å². The predicted octanol–water partition coefficient (Wildman–Crippen LogP) is 2.72. The maximum atomic E-state index is 13.5. The van der Waals surface area contributed by atoms with Crippen molar-refractivity contribution in [2.24, 2.45) is 0 Å². The summed E-state index contributed by atoms with van der Waals surface area (Å²) in [6, 6.07) is 4.31. The van der Waals surface area contributed by atoms with E-state index in [9.17, 15) is 12.8 Å². The molecule has 1 aromatic rings. The quantitative estimate of drug-likeness (QED) is 0.827. The summed E-state index contributed by atoms with van der Waals surface area (Å²) in [7, 11) is -3.62. The molecule has 0 saturated heterocycles. The van der Waals surface area contributed by atoms with Crippen molar-refractivity contribution in [3.8, 4) is 0 Å². The molecule has 1 atom stereocenters. The Labute approximate surface area is 122 Å². The van der Waals surface area contributed by atoms with E-state index in [1.165, 1.54) is 18.2 Å². The normalized spacial score (nSPS) is 13.6. The van der Waals surface area contributed by atoms with Crippen LogP contribution in [0.15, 0.2) is 22.7 Å². The van der Waals surface area contributed by atoms with Crippen LogP contribution in [0.2, 0.25) is 0 Å². The SMILES string of the molecule is CC(C)NCC(C)S(=O)(=O)Nc1cc(Br)ccc1F. The highest BCUT2D eigenvalue weighted by molar-refractivity contribution is 9.10. The van der Waals surface area contributed by atoms with Crippen molar-refractivity contribution in [3.63, 3.8) is 0 Å². The van der Waals surface area contributed by atoms with Crippen LogP contribution in [0.25, 0.3) is 0 Å². The van der Waals surface area contributed by atoms with Crippen LogP contribution >= 0.6 is 15.9 Å². The Morgan fingerprint density at radius 3 is 2.53 bits per heavy atom. The number of hydrogen-bond acceptors (Lipinski definition) is 3. The molecule has 1 aromatic carbocycles. The van der Waals surface area contributed by atoms with Gasteiger partial charge in [0, 0.05) is 17.1 Å². The minimum absolute atomic E-state index is 0.0502. The fourth-order valence-electron chi connectivity index (χ4n) is 1.34. The van der Waals surface area contributed by atoms with Crippen molar-refractivity contribution in [3.05, 3.63) is 28.5 Å². The first kappa shape index (κ1) is 16.4. The molecule has 0 heterocycles.